The van der Waals surface area contributed by atoms with Crippen LogP contribution < -0.4 is 5.73 Å². The van der Waals surface area contributed by atoms with Crippen molar-refractivity contribution in [2.45, 2.75) is 45.6 Å². The second-order valence-corrected chi connectivity index (χ2v) is 5.53. The van der Waals surface area contributed by atoms with Crippen molar-refractivity contribution in [2.24, 2.45) is 17.1 Å². The van der Waals surface area contributed by atoms with Crippen molar-refractivity contribution in [2.75, 3.05) is 19.6 Å². The van der Waals surface area contributed by atoms with Gasteiger partial charge in [-0.3, -0.25) is 4.90 Å². The molecule has 2 N–H and O–H groups in total. The minimum atomic E-state index is 0.519. The second kappa shape index (κ2) is 3.82. The summed E-state index contributed by atoms with van der Waals surface area (Å²) < 4.78 is 0. The Bertz CT molecular complexity index is 198. The van der Waals surface area contributed by atoms with E-state index in [9.17, 15) is 0 Å². The molecule has 0 spiro atoms. The van der Waals surface area contributed by atoms with Crippen LogP contribution in [-0.4, -0.2) is 30.6 Å². The van der Waals surface area contributed by atoms with Crippen molar-refractivity contribution in [1.29, 1.82) is 0 Å². The molecule has 1 saturated carbocycles. The molecule has 0 amide bonds. The van der Waals surface area contributed by atoms with Crippen molar-refractivity contribution in [1.82, 2.24) is 4.90 Å². The van der Waals surface area contributed by atoms with Crippen molar-refractivity contribution < 1.29 is 0 Å². The van der Waals surface area contributed by atoms with Crippen LogP contribution in [0, 0.1) is 11.3 Å². The van der Waals surface area contributed by atoms with Crippen LogP contribution in [0.3, 0.4) is 0 Å². The Kier molecular flexibility index (Phi) is 2.85. The number of nitrogens with zero attached hydrogens (tertiary/aromatic N) is 1. The first kappa shape index (κ1) is 10.4. The predicted octanol–water partition coefficient (Wildman–Crippen LogP) is 1.85. The molecule has 2 fully saturated rings. The Morgan fingerprint density at radius 1 is 1.36 bits per heavy atom. The largest absolute Gasteiger partial charge is 0.330 e. The third kappa shape index (κ3) is 1.96. The fourth-order valence-electron chi connectivity index (χ4n) is 2.68. The summed E-state index contributed by atoms with van der Waals surface area (Å²) in [6.45, 7) is 8.22. The molecule has 1 heterocycles. The van der Waals surface area contributed by atoms with E-state index < -0.39 is 0 Å². The maximum atomic E-state index is 5.84. The van der Waals surface area contributed by atoms with Crippen LogP contribution in [0.15, 0.2) is 0 Å². The summed E-state index contributed by atoms with van der Waals surface area (Å²) in [5.74, 6) is 0.873. The molecule has 0 radical (unpaired) electrons. The smallest absolute Gasteiger partial charge is 0.00928 e. The summed E-state index contributed by atoms with van der Waals surface area (Å²) in [5, 5.41) is 0. The van der Waals surface area contributed by atoms with Crippen LogP contribution in [0.2, 0.25) is 0 Å². The highest BCUT2D eigenvalue weighted by Gasteiger charge is 2.43. The molecule has 0 bridgehead atoms. The SMILES string of the molecule is CC1CCCN(CC2(CN)CC2)C1C. The lowest BCUT2D eigenvalue weighted by Crippen LogP contribution is -2.46. The summed E-state index contributed by atoms with van der Waals surface area (Å²) in [6, 6.07) is 0.771. The fourth-order valence-corrected chi connectivity index (χ4v) is 2.68. The van der Waals surface area contributed by atoms with Gasteiger partial charge in [-0.15, -0.1) is 0 Å². The van der Waals surface area contributed by atoms with Gasteiger partial charge in [-0.2, -0.15) is 0 Å². The van der Waals surface area contributed by atoms with Crippen LogP contribution in [0.1, 0.15) is 39.5 Å². The monoisotopic (exact) mass is 196 g/mol. The average Bonchev–Trinajstić information content (AvgIpc) is 2.94. The average molecular weight is 196 g/mol. The van der Waals surface area contributed by atoms with Crippen molar-refractivity contribution in [3.8, 4) is 0 Å². The van der Waals surface area contributed by atoms with Gasteiger partial charge >= 0.3 is 0 Å². The lowest BCUT2D eigenvalue weighted by Gasteiger charge is -2.39. The van der Waals surface area contributed by atoms with Crippen molar-refractivity contribution >= 4 is 0 Å². The standard InChI is InChI=1S/C12H24N2/c1-10-4-3-7-14(11(10)2)9-12(8-13)5-6-12/h10-11H,3-9,13H2,1-2H3. The quantitative estimate of drug-likeness (QED) is 0.746. The van der Waals surface area contributed by atoms with Gasteiger partial charge in [-0.25, -0.2) is 0 Å². The van der Waals surface area contributed by atoms with Crippen molar-refractivity contribution in [3.63, 3.8) is 0 Å². The van der Waals surface area contributed by atoms with E-state index in [1.807, 2.05) is 0 Å². The van der Waals surface area contributed by atoms with Gasteiger partial charge in [-0.1, -0.05) is 6.92 Å². The van der Waals surface area contributed by atoms with E-state index >= 15 is 0 Å². The molecule has 82 valence electrons. The number of likely N-dealkylation sites (tertiary alicyclic amines) is 1. The van der Waals surface area contributed by atoms with Crippen LogP contribution in [-0.2, 0) is 0 Å². The number of hydrogen-bond donors (Lipinski definition) is 1. The summed E-state index contributed by atoms with van der Waals surface area (Å²) in [6.07, 6.45) is 5.52. The highest BCUT2D eigenvalue weighted by Crippen LogP contribution is 2.46. The fraction of sp³-hybridized carbons (Fsp3) is 1.00. The van der Waals surface area contributed by atoms with Crippen LogP contribution in [0.25, 0.3) is 0 Å². The van der Waals surface area contributed by atoms with Gasteiger partial charge in [0.2, 0.25) is 0 Å². The molecule has 2 heteroatoms. The summed E-state index contributed by atoms with van der Waals surface area (Å²) in [4.78, 5) is 2.67. The van der Waals surface area contributed by atoms with E-state index in [0.29, 0.717) is 5.41 Å². The molecule has 2 atom stereocenters. The molecule has 2 unspecified atom stereocenters. The molecule has 1 aliphatic heterocycles. The third-order valence-corrected chi connectivity index (χ3v) is 4.43. The molecule has 0 aromatic carbocycles. The Balaban J connectivity index is 1.90. The van der Waals surface area contributed by atoms with E-state index in [1.54, 1.807) is 0 Å². The lowest BCUT2D eigenvalue weighted by atomic mass is 9.90. The van der Waals surface area contributed by atoms with E-state index in [2.05, 4.69) is 18.7 Å². The maximum absolute atomic E-state index is 5.84. The molecule has 14 heavy (non-hydrogen) atoms. The topological polar surface area (TPSA) is 29.3 Å². The molecule has 0 aromatic heterocycles. The second-order valence-electron chi connectivity index (χ2n) is 5.53. The van der Waals surface area contributed by atoms with E-state index in [-0.39, 0.29) is 0 Å². The Hall–Kier alpha value is -0.0800. The van der Waals surface area contributed by atoms with Crippen LogP contribution in [0.5, 0.6) is 0 Å². The molecule has 1 aliphatic carbocycles. The minimum absolute atomic E-state index is 0.519. The van der Waals surface area contributed by atoms with Crippen LogP contribution in [0.4, 0.5) is 0 Å². The van der Waals surface area contributed by atoms with Gasteiger partial charge in [-0.05, 0) is 57.0 Å². The molecule has 2 aliphatic rings. The summed E-state index contributed by atoms with van der Waals surface area (Å²) in [7, 11) is 0. The van der Waals surface area contributed by atoms with Gasteiger partial charge in [0.1, 0.15) is 0 Å². The highest BCUT2D eigenvalue weighted by molar-refractivity contribution is 4.97. The molecular formula is C12H24N2. The van der Waals surface area contributed by atoms with E-state index in [1.165, 1.54) is 38.8 Å². The molecule has 0 aromatic rings. The van der Waals surface area contributed by atoms with Crippen LogP contribution >= 0.6 is 0 Å². The Morgan fingerprint density at radius 2 is 2.07 bits per heavy atom. The normalized spacial score (nSPS) is 37.1. The molecular weight excluding hydrogens is 172 g/mol. The zero-order chi connectivity index (χ0) is 10.2. The van der Waals surface area contributed by atoms with Gasteiger partial charge in [0, 0.05) is 12.6 Å². The van der Waals surface area contributed by atoms with Gasteiger partial charge in [0.15, 0.2) is 0 Å². The first-order valence-electron chi connectivity index (χ1n) is 6.11. The minimum Gasteiger partial charge on any atom is -0.330 e. The zero-order valence-electron chi connectivity index (χ0n) is 9.63. The number of piperidine rings is 1. The summed E-state index contributed by atoms with van der Waals surface area (Å²) >= 11 is 0. The van der Waals surface area contributed by atoms with Gasteiger partial charge in [0.25, 0.3) is 0 Å². The number of hydrogen-bond acceptors (Lipinski definition) is 2. The van der Waals surface area contributed by atoms with Crippen molar-refractivity contribution in [3.05, 3.63) is 0 Å². The van der Waals surface area contributed by atoms with Gasteiger partial charge < -0.3 is 5.73 Å². The Morgan fingerprint density at radius 3 is 2.64 bits per heavy atom. The molecule has 2 rings (SSSR count). The first-order valence-corrected chi connectivity index (χ1v) is 6.11. The van der Waals surface area contributed by atoms with Gasteiger partial charge in [0.05, 0.1) is 0 Å². The highest BCUT2D eigenvalue weighted by atomic mass is 15.2. The number of rotatable bonds is 3. The molecule has 2 nitrogen and oxygen atoms in total. The number of nitrogens with two attached hydrogens (primary N) is 1. The third-order valence-electron chi connectivity index (χ3n) is 4.43. The first-order chi connectivity index (χ1) is 6.67. The lowest BCUT2D eigenvalue weighted by molar-refractivity contribution is 0.0914. The zero-order valence-corrected chi connectivity index (χ0v) is 9.63. The summed E-state index contributed by atoms with van der Waals surface area (Å²) in [5.41, 5.74) is 6.36. The Labute approximate surface area is 87.8 Å². The maximum Gasteiger partial charge on any atom is 0.00928 e. The van der Waals surface area contributed by atoms with E-state index in [4.69, 9.17) is 5.73 Å². The predicted molar refractivity (Wildman–Crippen MR) is 60.2 cm³/mol. The molecule has 1 saturated heterocycles. The van der Waals surface area contributed by atoms with E-state index in [0.717, 1.165) is 18.5 Å².